The van der Waals surface area contributed by atoms with Gasteiger partial charge in [0.25, 0.3) is 0 Å². The maximum absolute atomic E-state index is 9.68. The van der Waals surface area contributed by atoms with Crippen molar-refractivity contribution in [1.82, 2.24) is 0 Å². The SMILES string of the molecule is Cc1ccc2c(O)c(O)c(C)cc2c1. The molecule has 2 N–H and O–H groups in total. The lowest BCUT2D eigenvalue weighted by molar-refractivity contribution is 0.405. The average molecular weight is 188 g/mol. The second-order valence-electron chi connectivity index (χ2n) is 3.62. The molecule has 2 rings (SSSR count). The van der Waals surface area contributed by atoms with Gasteiger partial charge in [-0.15, -0.1) is 0 Å². The lowest BCUT2D eigenvalue weighted by Crippen LogP contribution is -1.81. The molecule has 0 saturated carbocycles. The van der Waals surface area contributed by atoms with Gasteiger partial charge in [0, 0.05) is 5.39 Å². The van der Waals surface area contributed by atoms with E-state index in [2.05, 4.69) is 0 Å². The second kappa shape index (κ2) is 2.91. The number of aromatic hydroxyl groups is 2. The Labute approximate surface area is 82.4 Å². The average Bonchev–Trinajstić information content (AvgIpc) is 2.14. The number of hydrogen-bond donors (Lipinski definition) is 2. The Kier molecular flexibility index (Phi) is 1.84. The molecule has 0 spiro atoms. The number of fused-ring (bicyclic) bond motifs is 1. The first-order valence-corrected chi connectivity index (χ1v) is 4.51. The summed E-state index contributed by atoms with van der Waals surface area (Å²) in [5.74, 6) is -0.0543. The van der Waals surface area contributed by atoms with E-state index in [1.807, 2.05) is 31.2 Å². The van der Waals surface area contributed by atoms with E-state index in [1.165, 1.54) is 0 Å². The summed E-state index contributed by atoms with van der Waals surface area (Å²) in [7, 11) is 0. The molecule has 0 saturated heterocycles. The van der Waals surface area contributed by atoms with Crippen LogP contribution in [0.5, 0.6) is 11.5 Å². The molecule has 72 valence electrons. The zero-order valence-corrected chi connectivity index (χ0v) is 8.20. The van der Waals surface area contributed by atoms with E-state index >= 15 is 0 Å². The van der Waals surface area contributed by atoms with Crippen molar-refractivity contribution < 1.29 is 10.2 Å². The van der Waals surface area contributed by atoms with Crippen molar-refractivity contribution in [2.75, 3.05) is 0 Å². The molecule has 0 aliphatic rings. The number of phenols is 2. The van der Waals surface area contributed by atoms with Gasteiger partial charge < -0.3 is 10.2 Å². The van der Waals surface area contributed by atoms with Gasteiger partial charge >= 0.3 is 0 Å². The van der Waals surface area contributed by atoms with E-state index in [4.69, 9.17) is 0 Å². The maximum Gasteiger partial charge on any atom is 0.165 e. The molecule has 0 aliphatic heterocycles. The third-order valence-electron chi connectivity index (χ3n) is 2.43. The van der Waals surface area contributed by atoms with Gasteiger partial charge in [-0.3, -0.25) is 0 Å². The van der Waals surface area contributed by atoms with Gasteiger partial charge in [-0.1, -0.05) is 23.8 Å². The Morgan fingerprint density at radius 1 is 0.929 bits per heavy atom. The Morgan fingerprint density at radius 2 is 1.64 bits per heavy atom. The Bertz CT molecular complexity index is 501. The molecule has 0 fully saturated rings. The first-order valence-electron chi connectivity index (χ1n) is 4.51. The fourth-order valence-electron chi connectivity index (χ4n) is 1.63. The Morgan fingerprint density at radius 3 is 2.36 bits per heavy atom. The molecule has 2 aromatic carbocycles. The van der Waals surface area contributed by atoms with Gasteiger partial charge in [0.1, 0.15) is 0 Å². The standard InChI is InChI=1S/C12H12O2/c1-7-3-4-10-9(5-7)6-8(2)11(13)12(10)14/h3-6,13-14H,1-2H3. The van der Waals surface area contributed by atoms with Crippen LogP contribution < -0.4 is 0 Å². The first kappa shape index (κ1) is 8.88. The van der Waals surface area contributed by atoms with E-state index in [-0.39, 0.29) is 11.5 Å². The van der Waals surface area contributed by atoms with Crippen molar-refractivity contribution in [3.05, 3.63) is 35.4 Å². The molecule has 0 bridgehead atoms. The molecule has 0 aromatic heterocycles. The first-order chi connectivity index (χ1) is 6.59. The third-order valence-corrected chi connectivity index (χ3v) is 2.43. The molecule has 2 heteroatoms. The summed E-state index contributed by atoms with van der Waals surface area (Å²) in [5.41, 5.74) is 1.84. The molecule has 0 heterocycles. The largest absolute Gasteiger partial charge is 0.504 e. The summed E-state index contributed by atoms with van der Waals surface area (Å²) in [6.45, 7) is 3.77. The zero-order chi connectivity index (χ0) is 10.3. The van der Waals surface area contributed by atoms with Crippen molar-refractivity contribution in [3.63, 3.8) is 0 Å². The van der Waals surface area contributed by atoms with Gasteiger partial charge in [0.15, 0.2) is 11.5 Å². The van der Waals surface area contributed by atoms with Crippen molar-refractivity contribution in [2.24, 2.45) is 0 Å². The molecule has 0 unspecified atom stereocenters. The van der Waals surface area contributed by atoms with Crippen LogP contribution in [-0.2, 0) is 0 Å². The van der Waals surface area contributed by atoms with Crippen LogP contribution in [0.1, 0.15) is 11.1 Å². The summed E-state index contributed by atoms with van der Waals surface area (Å²) in [6, 6.07) is 7.59. The van der Waals surface area contributed by atoms with Crippen LogP contribution in [0, 0.1) is 13.8 Å². The van der Waals surface area contributed by atoms with E-state index in [9.17, 15) is 10.2 Å². The topological polar surface area (TPSA) is 40.5 Å². The molecule has 2 aromatic rings. The number of rotatable bonds is 0. The highest BCUT2D eigenvalue weighted by Crippen LogP contribution is 2.36. The normalized spacial score (nSPS) is 10.7. The maximum atomic E-state index is 9.68. The van der Waals surface area contributed by atoms with E-state index < -0.39 is 0 Å². The number of hydrogen-bond acceptors (Lipinski definition) is 2. The van der Waals surface area contributed by atoms with Gasteiger partial charge in [-0.25, -0.2) is 0 Å². The minimum atomic E-state index is -0.0278. The van der Waals surface area contributed by atoms with Gasteiger partial charge in [0.05, 0.1) is 0 Å². The lowest BCUT2D eigenvalue weighted by Gasteiger charge is -2.07. The highest BCUT2D eigenvalue weighted by atomic mass is 16.3. The third kappa shape index (κ3) is 1.20. The van der Waals surface area contributed by atoms with Crippen LogP contribution in [0.15, 0.2) is 24.3 Å². The zero-order valence-electron chi connectivity index (χ0n) is 8.20. The highest BCUT2D eigenvalue weighted by Gasteiger charge is 2.08. The molecular formula is C12H12O2. The van der Waals surface area contributed by atoms with Crippen LogP contribution in [0.25, 0.3) is 10.8 Å². The molecule has 0 aliphatic carbocycles. The summed E-state index contributed by atoms with van der Waals surface area (Å²) < 4.78 is 0. The fraction of sp³-hybridized carbons (Fsp3) is 0.167. The minimum absolute atomic E-state index is 0.0265. The predicted molar refractivity (Wildman–Crippen MR) is 56.8 cm³/mol. The summed E-state index contributed by atoms with van der Waals surface area (Å²) in [4.78, 5) is 0. The Balaban J connectivity index is 2.91. The van der Waals surface area contributed by atoms with Crippen molar-refractivity contribution >= 4 is 10.8 Å². The smallest absolute Gasteiger partial charge is 0.165 e. The summed E-state index contributed by atoms with van der Waals surface area (Å²) in [6.07, 6.45) is 0. The van der Waals surface area contributed by atoms with Gasteiger partial charge in [-0.2, -0.15) is 0 Å². The van der Waals surface area contributed by atoms with Crippen molar-refractivity contribution in [1.29, 1.82) is 0 Å². The second-order valence-corrected chi connectivity index (χ2v) is 3.62. The van der Waals surface area contributed by atoms with E-state index in [0.29, 0.717) is 10.9 Å². The number of phenolic OH excluding ortho intramolecular Hbond substituents is 2. The van der Waals surface area contributed by atoms with E-state index in [0.717, 1.165) is 10.9 Å². The molecule has 0 radical (unpaired) electrons. The lowest BCUT2D eigenvalue weighted by atomic mass is 10.0. The number of benzene rings is 2. The van der Waals surface area contributed by atoms with E-state index in [1.54, 1.807) is 6.92 Å². The molecule has 0 amide bonds. The predicted octanol–water partition coefficient (Wildman–Crippen LogP) is 2.87. The van der Waals surface area contributed by atoms with Crippen molar-refractivity contribution in [3.8, 4) is 11.5 Å². The number of aryl methyl sites for hydroxylation is 2. The molecule has 0 atom stereocenters. The van der Waals surface area contributed by atoms with Gasteiger partial charge in [0.2, 0.25) is 0 Å². The summed E-state index contributed by atoms with van der Waals surface area (Å²) >= 11 is 0. The monoisotopic (exact) mass is 188 g/mol. The quantitative estimate of drug-likeness (QED) is 0.624. The van der Waals surface area contributed by atoms with Crippen LogP contribution in [0.3, 0.4) is 0 Å². The molecule has 14 heavy (non-hydrogen) atoms. The Hall–Kier alpha value is -1.70. The van der Waals surface area contributed by atoms with Gasteiger partial charge in [-0.05, 0) is 30.9 Å². The molecule has 2 nitrogen and oxygen atoms in total. The van der Waals surface area contributed by atoms with Crippen LogP contribution in [-0.4, -0.2) is 10.2 Å². The van der Waals surface area contributed by atoms with Crippen LogP contribution in [0.2, 0.25) is 0 Å². The van der Waals surface area contributed by atoms with Crippen LogP contribution in [0.4, 0.5) is 0 Å². The molecular weight excluding hydrogens is 176 g/mol. The van der Waals surface area contributed by atoms with Crippen LogP contribution >= 0.6 is 0 Å². The van der Waals surface area contributed by atoms with Crippen molar-refractivity contribution in [2.45, 2.75) is 13.8 Å². The highest BCUT2D eigenvalue weighted by molar-refractivity contribution is 5.91. The minimum Gasteiger partial charge on any atom is -0.504 e. The summed E-state index contributed by atoms with van der Waals surface area (Å²) in [5, 5.41) is 20.9. The fourth-order valence-corrected chi connectivity index (χ4v) is 1.63.